The Hall–Kier alpha value is -1.31. The Bertz CT molecular complexity index is 492. The summed E-state index contributed by atoms with van der Waals surface area (Å²) in [5.74, 6) is 1.53. The topological polar surface area (TPSA) is 26.3 Å². The van der Waals surface area contributed by atoms with Gasteiger partial charge in [-0.1, -0.05) is 25.0 Å². The van der Waals surface area contributed by atoms with Crippen molar-refractivity contribution in [1.82, 2.24) is 0 Å². The number of hydrogen-bond donors (Lipinski definition) is 0. The number of ketones is 1. The molecule has 0 radical (unpaired) electrons. The molecular formula is C16H20O2. The Kier molecular flexibility index (Phi) is 2.69. The molecule has 1 aliphatic heterocycles. The zero-order valence-corrected chi connectivity index (χ0v) is 11.2. The minimum Gasteiger partial charge on any atom is -0.486 e. The number of fused-ring (bicyclic) bond motifs is 1. The molecule has 0 saturated heterocycles. The van der Waals surface area contributed by atoms with Gasteiger partial charge in [0.2, 0.25) is 0 Å². The molecule has 2 heteroatoms. The maximum Gasteiger partial charge on any atom is 0.170 e. The average molecular weight is 244 g/mol. The van der Waals surface area contributed by atoms with Crippen molar-refractivity contribution in [3.8, 4) is 5.75 Å². The van der Waals surface area contributed by atoms with Gasteiger partial charge in [-0.05, 0) is 44.2 Å². The fourth-order valence-corrected chi connectivity index (χ4v) is 3.37. The number of rotatable bonds is 0. The van der Waals surface area contributed by atoms with Crippen LogP contribution in [0.3, 0.4) is 0 Å². The minimum absolute atomic E-state index is 0.225. The second kappa shape index (κ2) is 4.11. The van der Waals surface area contributed by atoms with Gasteiger partial charge < -0.3 is 4.74 Å². The van der Waals surface area contributed by atoms with Crippen LogP contribution in [0.5, 0.6) is 5.75 Å². The molecule has 0 amide bonds. The van der Waals surface area contributed by atoms with Crippen molar-refractivity contribution in [3.63, 3.8) is 0 Å². The molecule has 1 saturated carbocycles. The van der Waals surface area contributed by atoms with E-state index in [9.17, 15) is 4.79 Å². The fourth-order valence-electron chi connectivity index (χ4n) is 3.37. The van der Waals surface area contributed by atoms with Gasteiger partial charge in [-0.15, -0.1) is 0 Å². The molecule has 3 rings (SSSR count). The molecular weight excluding hydrogens is 224 g/mol. The van der Waals surface area contributed by atoms with Crippen LogP contribution in [0, 0.1) is 12.8 Å². The Balaban J connectivity index is 2.00. The van der Waals surface area contributed by atoms with E-state index in [-0.39, 0.29) is 11.4 Å². The molecule has 2 aliphatic rings. The first-order chi connectivity index (χ1) is 8.61. The SMILES string of the molecule is Cc1ccc2c(c1)C(=O)CC1(CCCCC1C)O2. The highest BCUT2D eigenvalue weighted by Gasteiger charge is 2.45. The Morgan fingerprint density at radius 3 is 2.94 bits per heavy atom. The van der Waals surface area contributed by atoms with E-state index in [0.29, 0.717) is 12.3 Å². The lowest BCUT2D eigenvalue weighted by Gasteiger charge is -2.45. The molecule has 18 heavy (non-hydrogen) atoms. The van der Waals surface area contributed by atoms with Gasteiger partial charge >= 0.3 is 0 Å². The van der Waals surface area contributed by atoms with E-state index in [4.69, 9.17) is 4.74 Å². The van der Waals surface area contributed by atoms with Gasteiger partial charge in [0, 0.05) is 0 Å². The Morgan fingerprint density at radius 2 is 2.17 bits per heavy atom. The third-order valence-electron chi connectivity index (χ3n) is 4.59. The van der Waals surface area contributed by atoms with Crippen molar-refractivity contribution >= 4 is 5.78 Å². The van der Waals surface area contributed by atoms with Crippen LogP contribution in [0.1, 0.15) is 54.9 Å². The van der Waals surface area contributed by atoms with Gasteiger partial charge in [-0.25, -0.2) is 0 Å². The third-order valence-corrected chi connectivity index (χ3v) is 4.59. The molecule has 1 fully saturated rings. The van der Waals surface area contributed by atoms with Crippen LogP contribution in [0.4, 0.5) is 0 Å². The normalized spacial score (nSPS) is 31.0. The van der Waals surface area contributed by atoms with Crippen LogP contribution in [-0.2, 0) is 0 Å². The number of carbonyl (C=O) groups excluding carboxylic acids is 1. The lowest BCUT2D eigenvalue weighted by molar-refractivity contribution is -0.0258. The molecule has 2 atom stereocenters. The molecule has 2 unspecified atom stereocenters. The summed E-state index contributed by atoms with van der Waals surface area (Å²) in [4.78, 5) is 12.4. The van der Waals surface area contributed by atoms with Crippen LogP contribution in [0.15, 0.2) is 18.2 Å². The first kappa shape index (κ1) is 11.8. The number of ether oxygens (including phenoxy) is 1. The van der Waals surface area contributed by atoms with Crippen LogP contribution in [0.25, 0.3) is 0 Å². The summed E-state index contributed by atoms with van der Waals surface area (Å²) < 4.78 is 6.28. The molecule has 96 valence electrons. The molecule has 1 spiro atoms. The third kappa shape index (κ3) is 1.75. The Morgan fingerprint density at radius 1 is 1.33 bits per heavy atom. The van der Waals surface area contributed by atoms with E-state index >= 15 is 0 Å². The van der Waals surface area contributed by atoms with Crippen molar-refractivity contribution in [2.24, 2.45) is 5.92 Å². The van der Waals surface area contributed by atoms with Crippen LogP contribution in [0.2, 0.25) is 0 Å². The van der Waals surface area contributed by atoms with Crippen molar-refractivity contribution < 1.29 is 9.53 Å². The zero-order valence-electron chi connectivity index (χ0n) is 11.2. The fraction of sp³-hybridized carbons (Fsp3) is 0.562. The lowest BCUT2D eigenvalue weighted by atomic mass is 9.71. The highest BCUT2D eigenvalue weighted by molar-refractivity contribution is 6.00. The van der Waals surface area contributed by atoms with Crippen molar-refractivity contribution in [1.29, 1.82) is 0 Å². The van der Waals surface area contributed by atoms with Crippen LogP contribution < -0.4 is 4.74 Å². The molecule has 0 N–H and O–H groups in total. The molecule has 0 aromatic heterocycles. The summed E-state index contributed by atoms with van der Waals surface area (Å²) in [6.45, 7) is 4.24. The summed E-state index contributed by atoms with van der Waals surface area (Å²) in [6.07, 6.45) is 5.20. The monoisotopic (exact) mass is 244 g/mol. The predicted octanol–water partition coefficient (Wildman–Crippen LogP) is 3.91. The van der Waals surface area contributed by atoms with Crippen molar-refractivity contribution in [2.75, 3.05) is 0 Å². The first-order valence-corrected chi connectivity index (χ1v) is 6.94. The number of benzene rings is 1. The van der Waals surface area contributed by atoms with Crippen molar-refractivity contribution in [3.05, 3.63) is 29.3 Å². The largest absolute Gasteiger partial charge is 0.486 e. The van der Waals surface area contributed by atoms with E-state index in [2.05, 4.69) is 6.92 Å². The van der Waals surface area contributed by atoms with Gasteiger partial charge in [0.05, 0.1) is 12.0 Å². The quantitative estimate of drug-likeness (QED) is 0.691. The standard InChI is InChI=1S/C16H20O2/c1-11-6-7-15-13(9-11)14(17)10-16(18-15)8-4-3-5-12(16)2/h6-7,9,12H,3-5,8,10H2,1-2H3. The average Bonchev–Trinajstić information content (AvgIpc) is 2.34. The summed E-state index contributed by atoms with van der Waals surface area (Å²) in [5.41, 5.74) is 1.68. The molecule has 1 heterocycles. The van der Waals surface area contributed by atoms with E-state index in [0.717, 1.165) is 23.3 Å². The number of carbonyl (C=O) groups is 1. The molecule has 2 nitrogen and oxygen atoms in total. The van der Waals surface area contributed by atoms with Gasteiger partial charge in [0.1, 0.15) is 11.4 Å². The maximum absolute atomic E-state index is 12.4. The van der Waals surface area contributed by atoms with E-state index < -0.39 is 0 Å². The highest BCUT2D eigenvalue weighted by Crippen LogP contribution is 2.44. The lowest BCUT2D eigenvalue weighted by Crippen LogP contribution is -2.49. The van der Waals surface area contributed by atoms with Crippen LogP contribution in [-0.4, -0.2) is 11.4 Å². The second-order valence-corrected chi connectivity index (χ2v) is 5.91. The Labute approximate surface area is 108 Å². The maximum atomic E-state index is 12.4. The smallest absolute Gasteiger partial charge is 0.170 e. The zero-order chi connectivity index (χ0) is 12.8. The molecule has 1 aliphatic carbocycles. The number of hydrogen-bond acceptors (Lipinski definition) is 2. The van der Waals surface area contributed by atoms with Gasteiger partial charge in [0.25, 0.3) is 0 Å². The number of aryl methyl sites for hydroxylation is 1. The van der Waals surface area contributed by atoms with E-state index in [1.807, 2.05) is 25.1 Å². The summed E-state index contributed by atoms with van der Waals surface area (Å²) in [6, 6.07) is 5.95. The number of Topliss-reactive ketones (excluding diaryl/α,β-unsaturated/α-hetero) is 1. The molecule has 0 bridgehead atoms. The molecule has 1 aromatic rings. The highest BCUT2D eigenvalue weighted by atomic mass is 16.5. The predicted molar refractivity (Wildman–Crippen MR) is 71.1 cm³/mol. The first-order valence-electron chi connectivity index (χ1n) is 6.94. The van der Waals surface area contributed by atoms with Gasteiger partial charge in [-0.2, -0.15) is 0 Å². The summed E-state index contributed by atoms with van der Waals surface area (Å²) >= 11 is 0. The van der Waals surface area contributed by atoms with Gasteiger partial charge in [0.15, 0.2) is 5.78 Å². The minimum atomic E-state index is -0.225. The summed E-state index contributed by atoms with van der Waals surface area (Å²) in [7, 11) is 0. The summed E-state index contributed by atoms with van der Waals surface area (Å²) in [5, 5.41) is 0. The second-order valence-electron chi connectivity index (χ2n) is 5.91. The molecule has 1 aromatic carbocycles. The van der Waals surface area contributed by atoms with E-state index in [1.165, 1.54) is 19.3 Å². The van der Waals surface area contributed by atoms with E-state index in [1.54, 1.807) is 0 Å². The van der Waals surface area contributed by atoms with Gasteiger partial charge in [-0.3, -0.25) is 4.79 Å². The van der Waals surface area contributed by atoms with Crippen LogP contribution >= 0.6 is 0 Å². The van der Waals surface area contributed by atoms with Crippen molar-refractivity contribution in [2.45, 2.75) is 51.6 Å².